The minimum absolute atomic E-state index is 0.452. The number of aromatic nitrogens is 3. The van der Waals surface area contributed by atoms with E-state index >= 15 is 0 Å². The van der Waals surface area contributed by atoms with Crippen LogP contribution < -0.4 is 15.4 Å². The number of aryl methyl sites for hydroxylation is 2. The summed E-state index contributed by atoms with van der Waals surface area (Å²) in [6.45, 7) is 3.65. The summed E-state index contributed by atoms with van der Waals surface area (Å²) >= 11 is 0. The number of rotatable bonds is 15. The highest BCUT2D eigenvalue weighted by atomic mass is 16.5. The van der Waals surface area contributed by atoms with Crippen LogP contribution in [0.2, 0.25) is 0 Å². The molecule has 9 nitrogen and oxygen atoms in total. The number of nitrogens with zero attached hydrogens (tertiary/aromatic N) is 4. The van der Waals surface area contributed by atoms with Crippen LogP contribution in [0.25, 0.3) is 0 Å². The molecule has 0 saturated carbocycles. The summed E-state index contributed by atoms with van der Waals surface area (Å²) in [4.78, 5) is 27.4. The standard InChI is InChI=1S/C28H36N6O3/c35-28(36)24(33-25-10-1-4-15-29-25)14-19-34(20-21-37-26-11-2-5-16-30-26)18-6-3-9-23-13-12-22-8-7-17-31-27(22)32-23/h1-2,4-5,10-13,15-16,24H,3,6-9,14,17-21H2,(H,29,33)(H,31,32)(H,35,36). The molecule has 1 aliphatic rings. The van der Waals surface area contributed by atoms with E-state index in [1.807, 2.05) is 24.3 Å². The molecule has 0 radical (unpaired) electrons. The summed E-state index contributed by atoms with van der Waals surface area (Å²) in [6.07, 6.45) is 8.98. The third-order valence-corrected chi connectivity index (χ3v) is 6.42. The van der Waals surface area contributed by atoms with E-state index in [4.69, 9.17) is 9.72 Å². The molecule has 0 saturated heterocycles. The highest BCUT2D eigenvalue weighted by molar-refractivity contribution is 5.76. The van der Waals surface area contributed by atoms with E-state index in [1.54, 1.807) is 24.5 Å². The van der Waals surface area contributed by atoms with Gasteiger partial charge in [-0.05, 0) is 74.9 Å². The number of ether oxygens (including phenoxy) is 1. The summed E-state index contributed by atoms with van der Waals surface area (Å²) < 4.78 is 5.80. The van der Waals surface area contributed by atoms with Gasteiger partial charge in [-0.25, -0.2) is 19.7 Å². The van der Waals surface area contributed by atoms with Gasteiger partial charge in [-0.15, -0.1) is 0 Å². The Bertz CT molecular complexity index is 1100. The Labute approximate surface area is 218 Å². The third kappa shape index (κ3) is 8.71. The molecule has 3 aromatic rings. The van der Waals surface area contributed by atoms with Gasteiger partial charge < -0.3 is 20.5 Å². The quantitative estimate of drug-likeness (QED) is 0.265. The predicted molar refractivity (Wildman–Crippen MR) is 144 cm³/mol. The van der Waals surface area contributed by atoms with E-state index in [1.165, 1.54) is 5.56 Å². The van der Waals surface area contributed by atoms with Crippen molar-refractivity contribution in [1.29, 1.82) is 0 Å². The Kier molecular flexibility index (Phi) is 10.1. The van der Waals surface area contributed by atoms with Gasteiger partial charge in [0.05, 0.1) is 0 Å². The van der Waals surface area contributed by atoms with Gasteiger partial charge in [-0.3, -0.25) is 4.90 Å². The van der Waals surface area contributed by atoms with Crippen molar-refractivity contribution in [3.63, 3.8) is 0 Å². The topological polar surface area (TPSA) is 112 Å². The number of nitrogens with one attached hydrogen (secondary N) is 2. The number of carbonyl (C=O) groups is 1. The van der Waals surface area contributed by atoms with Crippen molar-refractivity contribution in [2.75, 3.05) is 43.4 Å². The van der Waals surface area contributed by atoms with Gasteiger partial charge in [0.25, 0.3) is 0 Å². The Morgan fingerprint density at radius 3 is 2.70 bits per heavy atom. The second kappa shape index (κ2) is 14.1. The lowest BCUT2D eigenvalue weighted by Gasteiger charge is -2.24. The first-order valence-corrected chi connectivity index (χ1v) is 13.1. The maximum absolute atomic E-state index is 11.9. The first-order chi connectivity index (χ1) is 18.2. The van der Waals surface area contributed by atoms with E-state index in [9.17, 15) is 9.90 Å². The van der Waals surface area contributed by atoms with Crippen molar-refractivity contribution in [3.05, 3.63) is 72.2 Å². The second-order valence-electron chi connectivity index (χ2n) is 9.19. The molecule has 0 bridgehead atoms. The number of hydrogen-bond donors (Lipinski definition) is 3. The van der Waals surface area contributed by atoms with Crippen LogP contribution in [0, 0.1) is 0 Å². The lowest BCUT2D eigenvalue weighted by atomic mass is 10.1. The van der Waals surface area contributed by atoms with Crippen LogP contribution in [0.5, 0.6) is 5.88 Å². The van der Waals surface area contributed by atoms with Crippen molar-refractivity contribution in [1.82, 2.24) is 19.9 Å². The Balaban J connectivity index is 1.28. The zero-order valence-corrected chi connectivity index (χ0v) is 21.2. The number of unbranched alkanes of at least 4 members (excludes halogenated alkanes) is 1. The van der Waals surface area contributed by atoms with E-state index in [-0.39, 0.29) is 0 Å². The number of carboxylic acid groups (broad SMARTS) is 1. The SMILES string of the molecule is O=C(O)C(CCN(CCCCc1ccc2c(n1)NCCC2)CCOc1ccccn1)Nc1ccccn1. The van der Waals surface area contributed by atoms with Crippen molar-refractivity contribution in [2.24, 2.45) is 0 Å². The Morgan fingerprint density at radius 1 is 1.05 bits per heavy atom. The number of carboxylic acids is 1. The largest absolute Gasteiger partial charge is 0.480 e. The smallest absolute Gasteiger partial charge is 0.326 e. The normalized spacial score (nSPS) is 13.4. The van der Waals surface area contributed by atoms with E-state index < -0.39 is 12.0 Å². The molecule has 0 aromatic carbocycles. The van der Waals surface area contributed by atoms with Crippen LogP contribution in [-0.4, -0.2) is 69.8 Å². The van der Waals surface area contributed by atoms with Gasteiger partial charge in [0.2, 0.25) is 5.88 Å². The second-order valence-corrected chi connectivity index (χ2v) is 9.19. The van der Waals surface area contributed by atoms with Crippen LogP contribution in [-0.2, 0) is 17.6 Å². The average molecular weight is 505 g/mol. The van der Waals surface area contributed by atoms with Crippen LogP contribution in [0.1, 0.15) is 36.9 Å². The van der Waals surface area contributed by atoms with Gasteiger partial charge in [-0.1, -0.05) is 18.2 Å². The maximum atomic E-state index is 11.9. The van der Waals surface area contributed by atoms with Gasteiger partial charge in [0, 0.05) is 43.8 Å². The van der Waals surface area contributed by atoms with E-state index in [2.05, 4.69) is 37.6 Å². The summed E-state index contributed by atoms with van der Waals surface area (Å²) in [5, 5.41) is 16.2. The minimum atomic E-state index is -0.887. The molecule has 1 unspecified atom stereocenters. The van der Waals surface area contributed by atoms with Gasteiger partial charge in [-0.2, -0.15) is 0 Å². The number of hydrogen-bond acceptors (Lipinski definition) is 8. The maximum Gasteiger partial charge on any atom is 0.326 e. The van der Waals surface area contributed by atoms with Crippen molar-refractivity contribution >= 4 is 17.6 Å². The molecular formula is C28H36N6O3. The molecule has 4 heterocycles. The lowest BCUT2D eigenvalue weighted by molar-refractivity contribution is -0.138. The van der Waals surface area contributed by atoms with Gasteiger partial charge in [0.15, 0.2) is 0 Å². The fourth-order valence-electron chi connectivity index (χ4n) is 4.39. The first-order valence-electron chi connectivity index (χ1n) is 13.1. The van der Waals surface area contributed by atoms with Crippen LogP contribution in [0.3, 0.4) is 0 Å². The molecule has 1 aliphatic heterocycles. The summed E-state index contributed by atoms with van der Waals surface area (Å²) in [7, 11) is 0. The Hall–Kier alpha value is -3.72. The number of fused-ring (bicyclic) bond motifs is 1. The molecule has 196 valence electrons. The molecule has 1 atom stereocenters. The van der Waals surface area contributed by atoms with Crippen molar-refractivity contribution in [3.8, 4) is 5.88 Å². The van der Waals surface area contributed by atoms with Crippen LogP contribution in [0.4, 0.5) is 11.6 Å². The van der Waals surface area contributed by atoms with Gasteiger partial charge >= 0.3 is 5.97 Å². The predicted octanol–water partition coefficient (Wildman–Crippen LogP) is 3.89. The van der Waals surface area contributed by atoms with E-state index in [0.29, 0.717) is 37.8 Å². The molecule has 0 aliphatic carbocycles. The average Bonchev–Trinajstić information content (AvgIpc) is 2.93. The summed E-state index contributed by atoms with van der Waals surface area (Å²) in [6, 6.07) is 14.6. The first kappa shape index (κ1) is 26.3. The highest BCUT2D eigenvalue weighted by Gasteiger charge is 2.19. The molecule has 0 spiro atoms. The molecule has 9 heteroatoms. The van der Waals surface area contributed by atoms with Crippen molar-refractivity contribution < 1.29 is 14.6 Å². The van der Waals surface area contributed by atoms with Crippen molar-refractivity contribution in [2.45, 2.75) is 44.6 Å². The summed E-state index contributed by atoms with van der Waals surface area (Å²) in [5.41, 5.74) is 2.42. The van der Waals surface area contributed by atoms with E-state index in [0.717, 1.165) is 56.7 Å². The molecule has 3 aromatic heterocycles. The van der Waals surface area contributed by atoms with Crippen LogP contribution >= 0.6 is 0 Å². The Morgan fingerprint density at radius 2 is 1.92 bits per heavy atom. The lowest BCUT2D eigenvalue weighted by Crippen LogP contribution is -2.37. The minimum Gasteiger partial charge on any atom is -0.480 e. The molecule has 4 rings (SSSR count). The fourth-order valence-corrected chi connectivity index (χ4v) is 4.39. The monoisotopic (exact) mass is 504 g/mol. The zero-order chi connectivity index (χ0) is 25.7. The van der Waals surface area contributed by atoms with Crippen LogP contribution in [0.15, 0.2) is 60.9 Å². The molecule has 0 fully saturated rings. The molecule has 37 heavy (non-hydrogen) atoms. The number of aliphatic carboxylic acids is 1. The molecule has 0 amide bonds. The molecule has 3 N–H and O–H groups in total. The van der Waals surface area contributed by atoms with Gasteiger partial charge in [0.1, 0.15) is 24.3 Å². The highest BCUT2D eigenvalue weighted by Crippen LogP contribution is 2.20. The number of pyridine rings is 3. The summed E-state index contributed by atoms with van der Waals surface area (Å²) in [5.74, 6) is 1.31. The third-order valence-electron chi connectivity index (χ3n) is 6.42. The zero-order valence-electron chi connectivity index (χ0n) is 21.2. The fraction of sp³-hybridized carbons (Fsp3) is 0.429. The molecular weight excluding hydrogens is 468 g/mol. The number of anilines is 2.